The standard InChI is InChI=1S/C9H8N2O4/c10-9-8-5(14-4-7(12)13)2-1-3-6(8)15-11-9/h1-3H,4H2,(H2,10,11)(H,12,13). The van der Waals surface area contributed by atoms with E-state index >= 15 is 0 Å². The number of nitrogens with zero attached hydrogens (tertiary/aromatic N) is 1. The van der Waals surface area contributed by atoms with E-state index < -0.39 is 12.6 Å². The average molecular weight is 208 g/mol. The van der Waals surface area contributed by atoms with Crippen molar-refractivity contribution in [3.8, 4) is 5.75 Å². The van der Waals surface area contributed by atoms with Gasteiger partial charge in [-0.15, -0.1) is 0 Å². The van der Waals surface area contributed by atoms with Gasteiger partial charge in [0.1, 0.15) is 11.1 Å². The first-order chi connectivity index (χ1) is 7.18. The molecule has 2 rings (SSSR count). The Hall–Kier alpha value is -2.24. The molecule has 15 heavy (non-hydrogen) atoms. The van der Waals surface area contributed by atoms with Crippen LogP contribution in [-0.2, 0) is 4.79 Å². The molecule has 0 bridgehead atoms. The number of nitrogen functional groups attached to an aromatic ring is 1. The molecule has 0 aliphatic rings. The fourth-order valence-electron chi connectivity index (χ4n) is 1.24. The minimum Gasteiger partial charge on any atom is -0.481 e. The molecule has 2 aromatic rings. The van der Waals surface area contributed by atoms with E-state index in [-0.39, 0.29) is 5.82 Å². The first kappa shape index (κ1) is 9.32. The minimum atomic E-state index is -1.05. The number of ether oxygens (including phenoxy) is 1. The Balaban J connectivity index is 2.41. The van der Waals surface area contributed by atoms with Crippen LogP contribution in [0.3, 0.4) is 0 Å². The maximum absolute atomic E-state index is 10.3. The summed E-state index contributed by atoms with van der Waals surface area (Å²) < 4.78 is 9.93. The number of aliphatic carboxylic acids is 1. The first-order valence-electron chi connectivity index (χ1n) is 4.17. The van der Waals surface area contributed by atoms with E-state index in [4.69, 9.17) is 20.1 Å². The number of aromatic nitrogens is 1. The van der Waals surface area contributed by atoms with Gasteiger partial charge in [-0.3, -0.25) is 0 Å². The van der Waals surface area contributed by atoms with Crippen LogP contribution in [0.4, 0.5) is 5.82 Å². The molecule has 0 aliphatic heterocycles. The molecule has 6 nitrogen and oxygen atoms in total. The van der Waals surface area contributed by atoms with Gasteiger partial charge < -0.3 is 20.1 Å². The van der Waals surface area contributed by atoms with E-state index in [1.807, 2.05) is 0 Å². The monoisotopic (exact) mass is 208 g/mol. The molecule has 0 aliphatic carbocycles. The number of benzene rings is 1. The first-order valence-corrected chi connectivity index (χ1v) is 4.17. The van der Waals surface area contributed by atoms with Gasteiger partial charge >= 0.3 is 5.97 Å². The van der Waals surface area contributed by atoms with E-state index in [1.54, 1.807) is 18.2 Å². The highest BCUT2D eigenvalue weighted by Gasteiger charge is 2.11. The summed E-state index contributed by atoms with van der Waals surface area (Å²) in [5, 5.41) is 12.5. The molecule has 0 radical (unpaired) electrons. The molecule has 1 heterocycles. The van der Waals surface area contributed by atoms with Crippen molar-refractivity contribution in [2.75, 3.05) is 12.3 Å². The second-order valence-electron chi connectivity index (χ2n) is 2.88. The summed E-state index contributed by atoms with van der Waals surface area (Å²) in [6.07, 6.45) is 0. The maximum Gasteiger partial charge on any atom is 0.341 e. The van der Waals surface area contributed by atoms with Gasteiger partial charge in [-0.05, 0) is 12.1 Å². The van der Waals surface area contributed by atoms with Crippen LogP contribution in [0.15, 0.2) is 22.7 Å². The summed E-state index contributed by atoms with van der Waals surface area (Å²) in [6, 6.07) is 4.95. The number of hydrogen-bond acceptors (Lipinski definition) is 5. The van der Waals surface area contributed by atoms with Crippen molar-refractivity contribution in [3.63, 3.8) is 0 Å². The van der Waals surface area contributed by atoms with E-state index in [0.29, 0.717) is 16.7 Å². The molecule has 0 saturated carbocycles. The number of carboxylic acids is 1. The summed E-state index contributed by atoms with van der Waals surface area (Å²) in [7, 11) is 0. The van der Waals surface area contributed by atoms with Crippen LogP contribution in [0.5, 0.6) is 5.75 Å². The molecular formula is C9H8N2O4. The van der Waals surface area contributed by atoms with Gasteiger partial charge in [-0.2, -0.15) is 0 Å². The lowest BCUT2D eigenvalue weighted by Crippen LogP contribution is -2.09. The second kappa shape index (κ2) is 3.49. The number of nitrogens with two attached hydrogens (primary N) is 1. The molecule has 1 aromatic heterocycles. The van der Waals surface area contributed by atoms with Crippen molar-refractivity contribution in [2.24, 2.45) is 0 Å². The molecule has 6 heteroatoms. The van der Waals surface area contributed by atoms with Crippen molar-refractivity contribution in [3.05, 3.63) is 18.2 Å². The van der Waals surface area contributed by atoms with Gasteiger partial charge in [-0.1, -0.05) is 11.2 Å². The molecule has 78 valence electrons. The average Bonchev–Trinajstić information content (AvgIpc) is 2.58. The zero-order valence-corrected chi connectivity index (χ0v) is 7.64. The predicted octanol–water partition coefficient (Wildman–Crippen LogP) is 0.873. The third-order valence-corrected chi connectivity index (χ3v) is 1.84. The lowest BCUT2D eigenvalue weighted by molar-refractivity contribution is -0.139. The number of hydrogen-bond donors (Lipinski definition) is 2. The normalized spacial score (nSPS) is 10.4. The van der Waals surface area contributed by atoms with Gasteiger partial charge in [0.25, 0.3) is 0 Å². The molecule has 0 atom stereocenters. The number of rotatable bonds is 3. The summed E-state index contributed by atoms with van der Waals surface area (Å²) in [5.74, 6) is -0.512. The van der Waals surface area contributed by atoms with Crippen LogP contribution in [-0.4, -0.2) is 22.8 Å². The highest BCUT2D eigenvalue weighted by atomic mass is 16.5. The van der Waals surface area contributed by atoms with Crippen molar-refractivity contribution < 1.29 is 19.2 Å². The van der Waals surface area contributed by atoms with Crippen molar-refractivity contribution in [1.82, 2.24) is 5.16 Å². The molecule has 0 spiro atoms. The molecule has 0 fully saturated rings. The highest BCUT2D eigenvalue weighted by molar-refractivity contribution is 5.92. The van der Waals surface area contributed by atoms with Gasteiger partial charge in [0.15, 0.2) is 18.0 Å². The maximum atomic E-state index is 10.3. The molecular weight excluding hydrogens is 200 g/mol. The summed E-state index contributed by atoms with van der Waals surface area (Å²) in [6.45, 7) is -0.427. The molecule has 3 N–H and O–H groups in total. The number of anilines is 1. The Morgan fingerprint density at radius 1 is 1.60 bits per heavy atom. The minimum absolute atomic E-state index is 0.186. The van der Waals surface area contributed by atoms with E-state index in [0.717, 1.165) is 0 Å². The van der Waals surface area contributed by atoms with E-state index in [2.05, 4.69) is 5.16 Å². The zero-order chi connectivity index (χ0) is 10.8. The third-order valence-electron chi connectivity index (χ3n) is 1.84. The number of carbonyl (C=O) groups is 1. The Labute approximate surface area is 84.2 Å². The van der Waals surface area contributed by atoms with Gasteiger partial charge in [0.2, 0.25) is 0 Å². The Morgan fingerprint density at radius 3 is 3.13 bits per heavy atom. The van der Waals surface area contributed by atoms with Crippen LogP contribution < -0.4 is 10.5 Å². The lowest BCUT2D eigenvalue weighted by Gasteiger charge is -2.03. The van der Waals surface area contributed by atoms with Crippen molar-refractivity contribution in [2.45, 2.75) is 0 Å². The largest absolute Gasteiger partial charge is 0.481 e. The van der Waals surface area contributed by atoms with Gasteiger partial charge in [0, 0.05) is 0 Å². The second-order valence-corrected chi connectivity index (χ2v) is 2.88. The smallest absolute Gasteiger partial charge is 0.341 e. The summed E-state index contributed by atoms with van der Waals surface area (Å²) in [4.78, 5) is 10.3. The number of carboxylic acid groups (broad SMARTS) is 1. The van der Waals surface area contributed by atoms with Crippen LogP contribution in [0.2, 0.25) is 0 Å². The SMILES string of the molecule is Nc1noc2cccc(OCC(=O)O)c12. The van der Waals surface area contributed by atoms with Gasteiger partial charge in [-0.25, -0.2) is 4.79 Å². The number of fused-ring (bicyclic) bond motifs is 1. The van der Waals surface area contributed by atoms with Crippen LogP contribution in [0, 0.1) is 0 Å². The van der Waals surface area contributed by atoms with E-state index in [1.165, 1.54) is 0 Å². The summed E-state index contributed by atoms with van der Waals surface area (Å²) in [5.41, 5.74) is 6.02. The molecule has 0 saturated heterocycles. The topological polar surface area (TPSA) is 98.6 Å². The van der Waals surface area contributed by atoms with Crippen LogP contribution in [0.25, 0.3) is 11.0 Å². The lowest BCUT2D eigenvalue weighted by atomic mass is 10.2. The molecule has 0 unspecified atom stereocenters. The van der Waals surface area contributed by atoms with Crippen LogP contribution >= 0.6 is 0 Å². The quantitative estimate of drug-likeness (QED) is 0.776. The Kier molecular flexibility index (Phi) is 2.17. The van der Waals surface area contributed by atoms with Crippen molar-refractivity contribution >= 4 is 22.8 Å². The van der Waals surface area contributed by atoms with Crippen LogP contribution in [0.1, 0.15) is 0 Å². The molecule has 0 amide bonds. The molecule has 1 aromatic carbocycles. The van der Waals surface area contributed by atoms with Gasteiger partial charge in [0.05, 0.1) is 0 Å². The summed E-state index contributed by atoms with van der Waals surface area (Å²) >= 11 is 0. The van der Waals surface area contributed by atoms with Crippen molar-refractivity contribution in [1.29, 1.82) is 0 Å². The Bertz CT molecular complexity index is 506. The Morgan fingerprint density at radius 2 is 2.40 bits per heavy atom. The fraction of sp³-hybridized carbons (Fsp3) is 0.111. The van der Waals surface area contributed by atoms with E-state index in [9.17, 15) is 4.79 Å². The predicted molar refractivity (Wildman–Crippen MR) is 51.6 cm³/mol. The third kappa shape index (κ3) is 1.69. The fourth-order valence-corrected chi connectivity index (χ4v) is 1.24. The highest BCUT2D eigenvalue weighted by Crippen LogP contribution is 2.30. The zero-order valence-electron chi connectivity index (χ0n) is 7.64.